The maximum Gasteiger partial charge on any atom is 0.222 e. The van der Waals surface area contributed by atoms with Crippen molar-refractivity contribution in [2.75, 3.05) is 47.0 Å². The monoisotopic (exact) mass is 273 g/mol. The Morgan fingerprint density at radius 2 is 2.32 bits per heavy atom. The zero-order chi connectivity index (χ0) is 14.1. The fraction of sp³-hybridized carbons (Fsp3) is 0.923. The first kappa shape index (κ1) is 16.4. The number of nitrogens with two attached hydrogens (primary N) is 1. The van der Waals surface area contributed by atoms with Crippen LogP contribution in [0.4, 0.5) is 0 Å². The van der Waals surface area contributed by atoms with Gasteiger partial charge >= 0.3 is 0 Å². The summed E-state index contributed by atoms with van der Waals surface area (Å²) < 4.78 is 10.2. The summed E-state index contributed by atoms with van der Waals surface area (Å²) in [6.07, 6.45) is 2.47. The molecule has 0 saturated carbocycles. The molecular weight excluding hydrogens is 246 g/mol. The van der Waals surface area contributed by atoms with Crippen LogP contribution in [-0.4, -0.2) is 70.0 Å². The highest BCUT2D eigenvalue weighted by atomic mass is 16.5. The number of ether oxygens (including phenoxy) is 2. The largest absolute Gasteiger partial charge is 0.383 e. The normalized spacial score (nSPS) is 21.5. The minimum absolute atomic E-state index is 0.0101. The van der Waals surface area contributed by atoms with Crippen molar-refractivity contribution in [2.24, 2.45) is 5.73 Å². The second-order valence-corrected chi connectivity index (χ2v) is 4.93. The third kappa shape index (κ3) is 5.86. The fourth-order valence-electron chi connectivity index (χ4n) is 2.40. The molecule has 1 saturated heterocycles. The van der Waals surface area contributed by atoms with Gasteiger partial charge in [0, 0.05) is 39.9 Å². The molecule has 0 spiro atoms. The predicted molar refractivity (Wildman–Crippen MR) is 73.9 cm³/mol. The van der Waals surface area contributed by atoms with E-state index in [1.807, 2.05) is 0 Å². The van der Waals surface area contributed by atoms with Gasteiger partial charge in [-0.05, 0) is 19.4 Å². The van der Waals surface area contributed by atoms with E-state index in [1.54, 1.807) is 14.2 Å². The van der Waals surface area contributed by atoms with Crippen LogP contribution >= 0.6 is 0 Å². The lowest BCUT2D eigenvalue weighted by atomic mass is 10.2. The Hall–Kier alpha value is -0.690. The SMILES string of the molecule is COCCN1CCCC1CNC(=O)CC(CN)OC. The quantitative estimate of drug-likeness (QED) is 0.596. The minimum Gasteiger partial charge on any atom is -0.383 e. The van der Waals surface area contributed by atoms with Gasteiger partial charge in [-0.1, -0.05) is 0 Å². The summed E-state index contributed by atoms with van der Waals surface area (Å²) in [7, 11) is 3.29. The van der Waals surface area contributed by atoms with Crippen molar-refractivity contribution in [1.82, 2.24) is 10.2 Å². The van der Waals surface area contributed by atoms with Crippen LogP contribution in [0.2, 0.25) is 0 Å². The van der Waals surface area contributed by atoms with Crippen molar-refractivity contribution >= 4 is 5.91 Å². The summed E-state index contributed by atoms with van der Waals surface area (Å²) in [5.74, 6) is 0.0101. The van der Waals surface area contributed by atoms with Crippen molar-refractivity contribution in [3.05, 3.63) is 0 Å². The fourth-order valence-corrected chi connectivity index (χ4v) is 2.40. The topological polar surface area (TPSA) is 76.8 Å². The number of carbonyl (C=O) groups is 1. The van der Waals surface area contributed by atoms with E-state index >= 15 is 0 Å². The molecule has 112 valence electrons. The molecule has 1 heterocycles. The van der Waals surface area contributed by atoms with Crippen LogP contribution in [0, 0.1) is 0 Å². The molecule has 0 aromatic carbocycles. The first-order chi connectivity index (χ1) is 9.21. The van der Waals surface area contributed by atoms with E-state index in [9.17, 15) is 4.79 Å². The van der Waals surface area contributed by atoms with Crippen LogP contribution in [0.1, 0.15) is 19.3 Å². The van der Waals surface area contributed by atoms with Crippen molar-refractivity contribution in [2.45, 2.75) is 31.4 Å². The Balaban J connectivity index is 2.24. The van der Waals surface area contributed by atoms with Gasteiger partial charge in [-0.25, -0.2) is 0 Å². The van der Waals surface area contributed by atoms with Gasteiger partial charge in [0.1, 0.15) is 0 Å². The molecule has 0 bridgehead atoms. The molecule has 2 atom stereocenters. The highest BCUT2D eigenvalue weighted by Gasteiger charge is 2.24. The van der Waals surface area contributed by atoms with Crippen LogP contribution in [0.3, 0.4) is 0 Å². The average molecular weight is 273 g/mol. The predicted octanol–water partition coefficient (Wildman–Crippen LogP) is -0.423. The summed E-state index contributed by atoms with van der Waals surface area (Å²) >= 11 is 0. The first-order valence-electron chi connectivity index (χ1n) is 6.93. The van der Waals surface area contributed by atoms with Gasteiger partial charge in [0.25, 0.3) is 0 Å². The second-order valence-electron chi connectivity index (χ2n) is 4.93. The number of hydrogen-bond acceptors (Lipinski definition) is 5. The van der Waals surface area contributed by atoms with Gasteiger partial charge in [-0.15, -0.1) is 0 Å². The highest BCUT2D eigenvalue weighted by Crippen LogP contribution is 2.15. The molecule has 6 heteroatoms. The summed E-state index contributed by atoms with van der Waals surface area (Å²) in [6, 6.07) is 0.429. The number of carbonyl (C=O) groups excluding carboxylic acids is 1. The number of amides is 1. The number of hydrogen-bond donors (Lipinski definition) is 2. The molecule has 1 amide bonds. The minimum atomic E-state index is -0.187. The zero-order valence-electron chi connectivity index (χ0n) is 12.1. The number of nitrogens with zero attached hydrogens (tertiary/aromatic N) is 1. The van der Waals surface area contributed by atoms with E-state index in [0.29, 0.717) is 25.6 Å². The number of nitrogens with one attached hydrogen (secondary N) is 1. The maximum atomic E-state index is 11.8. The number of rotatable bonds is 9. The van der Waals surface area contributed by atoms with Gasteiger partial charge < -0.3 is 20.5 Å². The lowest BCUT2D eigenvalue weighted by Crippen LogP contribution is -2.42. The Bertz CT molecular complexity index is 260. The molecule has 1 aliphatic rings. The molecule has 1 fully saturated rings. The molecule has 0 aliphatic carbocycles. The smallest absolute Gasteiger partial charge is 0.222 e. The molecule has 2 unspecified atom stereocenters. The number of methoxy groups -OCH3 is 2. The van der Waals surface area contributed by atoms with Crippen LogP contribution in [0.25, 0.3) is 0 Å². The van der Waals surface area contributed by atoms with E-state index in [-0.39, 0.29) is 12.0 Å². The molecule has 1 rings (SSSR count). The average Bonchev–Trinajstić information content (AvgIpc) is 2.87. The van der Waals surface area contributed by atoms with E-state index in [1.165, 1.54) is 6.42 Å². The van der Waals surface area contributed by atoms with Gasteiger partial charge in [-0.3, -0.25) is 9.69 Å². The maximum absolute atomic E-state index is 11.8. The highest BCUT2D eigenvalue weighted by molar-refractivity contribution is 5.76. The second kappa shape index (κ2) is 9.25. The molecule has 19 heavy (non-hydrogen) atoms. The van der Waals surface area contributed by atoms with Crippen molar-refractivity contribution in [3.63, 3.8) is 0 Å². The Morgan fingerprint density at radius 1 is 1.53 bits per heavy atom. The van der Waals surface area contributed by atoms with E-state index in [2.05, 4.69) is 10.2 Å². The lowest BCUT2D eigenvalue weighted by molar-refractivity contribution is -0.123. The molecule has 0 aromatic rings. The van der Waals surface area contributed by atoms with Gasteiger partial charge in [0.05, 0.1) is 19.1 Å². The van der Waals surface area contributed by atoms with Crippen LogP contribution < -0.4 is 11.1 Å². The Kier molecular flexibility index (Phi) is 7.97. The standard InChI is InChI=1S/C13H27N3O3/c1-18-7-6-16-5-3-4-11(16)10-15-13(17)8-12(9-14)19-2/h11-12H,3-10,14H2,1-2H3,(H,15,17). The summed E-state index contributed by atoms with van der Waals surface area (Å²) in [4.78, 5) is 14.1. The first-order valence-corrected chi connectivity index (χ1v) is 6.93. The third-order valence-corrected chi connectivity index (χ3v) is 3.63. The molecule has 1 aliphatic heterocycles. The van der Waals surface area contributed by atoms with Gasteiger partial charge in [0.2, 0.25) is 5.91 Å². The van der Waals surface area contributed by atoms with Crippen LogP contribution in [0.15, 0.2) is 0 Å². The van der Waals surface area contributed by atoms with Crippen LogP contribution in [-0.2, 0) is 14.3 Å². The Morgan fingerprint density at radius 3 is 2.95 bits per heavy atom. The van der Waals surface area contributed by atoms with Gasteiger partial charge in [0.15, 0.2) is 0 Å². The third-order valence-electron chi connectivity index (χ3n) is 3.63. The molecule has 3 N–H and O–H groups in total. The van der Waals surface area contributed by atoms with E-state index in [0.717, 1.165) is 26.1 Å². The summed E-state index contributed by atoms with van der Waals surface area (Å²) in [6.45, 7) is 3.83. The van der Waals surface area contributed by atoms with E-state index < -0.39 is 0 Å². The van der Waals surface area contributed by atoms with Gasteiger partial charge in [-0.2, -0.15) is 0 Å². The Labute approximate surface area is 115 Å². The lowest BCUT2D eigenvalue weighted by Gasteiger charge is -2.24. The van der Waals surface area contributed by atoms with Crippen molar-refractivity contribution < 1.29 is 14.3 Å². The summed E-state index contributed by atoms with van der Waals surface area (Å²) in [5.41, 5.74) is 5.50. The zero-order valence-corrected chi connectivity index (χ0v) is 12.1. The van der Waals surface area contributed by atoms with Crippen molar-refractivity contribution in [1.29, 1.82) is 0 Å². The molecule has 0 aromatic heterocycles. The van der Waals surface area contributed by atoms with Crippen molar-refractivity contribution in [3.8, 4) is 0 Å². The summed E-state index contributed by atoms with van der Waals surface area (Å²) in [5, 5.41) is 2.97. The number of likely N-dealkylation sites (tertiary alicyclic amines) is 1. The molecule has 6 nitrogen and oxygen atoms in total. The molecule has 0 radical (unpaired) electrons. The molecular formula is C13H27N3O3. The van der Waals surface area contributed by atoms with E-state index in [4.69, 9.17) is 15.2 Å². The van der Waals surface area contributed by atoms with Crippen LogP contribution in [0.5, 0.6) is 0 Å².